The Bertz CT molecular complexity index is 1880. The van der Waals surface area contributed by atoms with Crippen LogP contribution in [0.2, 0.25) is 0 Å². The Labute approximate surface area is 216 Å². The Hall–Kier alpha value is -4.35. The van der Waals surface area contributed by atoms with E-state index in [2.05, 4.69) is 95.9 Å². The first-order valence-corrected chi connectivity index (χ1v) is 13.4. The summed E-state index contributed by atoms with van der Waals surface area (Å²) in [5.41, 5.74) is 9.52. The molecule has 2 heteroatoms. The van der Waals surface area contributed by atoms with Crippen LogP contribution in [-0.4, -0.2) is 13.1 Å². The van der Waals surface area contributed by atoms with Crippen LogP contribution in [0.25, 0.3) is 54.6 Å². The van der Waals surface area contributed by atoms with Gasteiger partial charge in [-0.1, -0.05) is 78.9 Å². The lowest BCUT2D eigenvalue weighted by molar-refractivity contribution is 0.577. The van der Waals surface area contributed by atoms with Gasteiger partial charge in [0.15, 0.2) is 0 Å². The van der Waals surface area contributed by atoms with Crippen LogP contribution in [-0.2, 0) is 6.42 Å². The van der Waals surface area contributed by atoms with E-state index in [1.807, 2.05) is 0 Å². The molecule has 176 valence electrons. The minimum Gasteiger partial charge on any atom is -0.370 e. The van der Waals surface area contributed by atoms with Crippen molar-refractivity contribution in [2.24, 2.45) is 0 Å². The monoisotopic (exact) mass is 474 g/mol. The van der Waals surface area contributed by atoms with Gasteiger partial charge in [0, 0.05) is 18.7 Å². The second kappa shape index (κ2) is 7.82. The summed E-state index contributed by atoms with van der Waals surface area (Å²) in [6.07, 6.45) is 4.52. The van der Waals surface area contributed by atoms with Crippen molar-refractivity contribution in [3.63, 3.8) is 0 Å². The van der Waals surface area contributed by atoms with Gasteiger partial charge in [-0.15, -0.1) is 0 Å². The number of nitrogens with zero attached hydrogens (tertiary/aromatic N) is 2. The summed E-state index contributed by atoms with van der Waals surface area (Å²) in [4.78, 5) is 2.46. The number of fused-ring (bicyclic) bond motifs is 3. The summed E-state index contributed by atoms with van der Waals surface area (Å²) >= 11 is 0. The molecule has 0 bridgehead atoms. The molecule has 6 aromatic carbocycles. The van der Waals surface area contributed by atoms with E-state index in [-0.39, 0.29) is 0 Å². The van der Waals surface area contributed by atoms with Crippen molar-refractivity contribution in [3.05, 3.63) is 102 Å². The first-order chi connectivity index (χ1) is 18.3. The minimum atomic E-state index is 0.850. The van der Waals surface area contributed by atoms with Crippen molar-refractivity contribution in [1.29, 1.82) is 5.26 Å². The average molecular weight is 475 g/mol. The molecule has 0 N–H and O–H groups in total. The molecule has 8 rings (SSSR count). The first kappa shape index (κ1) is 20.8. The third-order valence-electron chi connectivity index (χ3n) is 8.70. The molecule has 1 aliphatic heterocycles. The van der Waals surface area contributed by atoms with Crippen LogP contribution in [0.5, 0.6) is 0 Å². The topological polar surface area (TPSA) is 27.0 Å². The van der Waals surface area contributed by atoms with E-state index in [0.29, 0.717) is 0 Å². The molecule has 1 fully saturated rings. The molecule has 0 radical (unpaired) electrons. The van der Waals surface area contributed by atoms with E-state index < -0.39 is 0 Å². The van der Waals surface area contributed by atoms with Gasteiger partial charge in [0.2, 0.25) is 0 Å². The average Bonchev–Trinajstić information content (AvgIpc) is 3.35. The van der Waals surface area contributed by atoms with Crippen LogP contribution in [0.15, 0.2) is 84.9 Å². The van der Waals surface area contributed by atoms with Gasteiger partial charge in [-0.25, -0.2) is 0 Å². The fourth-order valence-electron chi connectivity index (χ4n) is 7.01. The van der Waals surface area contributed by atoms with Crippen LogP contribution in [0, 0.1) is 11.3 Å². The Morgan fingerprint density at radius 2 is 1.38 bits per heavy atom. The van der Waals surface area contributed by atoms with Crippen LogP contribution in [0.4, 0.5) is 5.69 Å². The zero-order chi connectivity index (χ0) is 24.5. The third-order valence-corrected chi connectivity index (χ3v) is 8.70. The molecule has 0 spiro atoms. The molecule has 2 nitrogen and oxygen atoms in total. The fourth-order valence-corrected chi connectivity index (χ4v) is 7.01. The Balaban J connectivity index is 1.48. The Kier molecular flexibility index (Phi) is 4.40. The maximum Gasteiger partial charge on any atom is 0.102 e. The van der Waals surface area contributed by atoms with Gasteiger partial charge >= 0.3 is 0 Å². The number of benzene rings is 6. The van der Waals surface area contributed by atoms with Crippen molar-refractivity contribution in [2.75, 3.05) is 18.0 Å². The SMILES string of the molecule is N#Cc1c(N2CCCCC2)cc(-c2ccc3ccc4cccc5ccc2c3c45)c2c1-c1ccccc1C2. The molecule has 0 amide bonds. The Morgan fingerprint density at radius 1 is 0.649 bits per heavy atom. The Morgan fingerprint density at radius 3 is 2.19 bits per heavy atom. The summed E-state index contributed by atoms with van der Waals surface area (Å²) in [5, 5.41) is 18.3. The first-order valence-electron chi connectivity index (χ1n) is 13.4. The fraction of sp³-hybridized carbons (Fsp3) is 0.171. The molecule has 1 aliphatic carbocycles. The quantitative estimate of drug-likeness (QED) is 0.234. The van der Waals surface area contributed by atoms with E-state index in [9.17, 15) is 5.26 Å². The predicted molar refractivity (Wildman–Crippen MR) is 155 cm³/mol. The number of piperidine rings is 1. The van der Waals surface area contributed by atoms with Gasteiger partial charge in [0.1, 0.15) is 6.07 Å². The highest BCUT2D eigenvalue weighted by atomic mass is 15.1. The highest BCUT2D eigenvalue weighted by Gasteiger charge is 2.29. The maximum absolute atomic E-state index is 10.5. The number of hydrogen-bond donors (Lipinski definition) is 0. The molecule has 1 heterocycles. The van der Waals surface area contributed by atoms with Gasteiger partial charge in [0.25, 0.3) is 0 Å². The van der Waals surface area contributed by atoms with Crippen LogP contribution in [0.3, 0.4) is 0 Å². The number of rotatable bonds is 2. The van der Waals surface area contributed by atoms with E-state index in [1.54, 1.807) is 0 Å². The van der Waals surface area contributed by atoms with Crippen LogP contribution >= 0.6 is 0 Å². The second-order valence-corrected chi connectivity index (χ2v) is 10.6. The second-order valence-electron chi connectivity index (χ2n) is 10.6. The lowest BCUT2D eigenvalue weighted by Crippen LogP contribution is -2.30. The van der Waals surface area contributed by atoms with E-state index in [4.69, 9.17) is 0 Å². The van der Waals surface area contributed by atoms with Gasteiger partial charge in [0.05, 0.1) is 11.3 Å². The molecule has 37 heavy (non-hydrogen) atoms. The lowest BCUT2D eigenvalue weighted by Gasteiger charge is -2.31. The molecule has 6 aromatic rings. The molecular weight excluding hydrogens is 448 g/mol. The highest BCUT2D eigenvalue weighted by Crippen LogP contribution is 2.49. The maximum atomic E-state index is 10.5. The number of hydrogen-bond acceptors (Lipinski definition) is 2. The van der Waals surface area contributed by atoms with Crippen molar-refractivity contribution in [1.82, 2.24) is 0 Å². The third kappa shape index (κ3) is 2.92. The number of nitriles is 1. The molecular formula is C35H26N2. The van der Waals surface area contributed by atoms with Gasteiger partial charge in [-0.3, -0.25) is 0 Å². The van der Waals surface area contributed by atoms with E-state index in [0.717, 1.165) is 36.3 Å². The number of anilines is 1. The molecule has 2 aliphatic rings. The summed E-state index contributed by atoms with van der Waals surface area (Å²) in [7, 11) is 0. The summed E-state index contributed by atoms with van der Waals surface area (Å²) in [6.45, 7) is 2.04. The normalized spacial score (nSPS) is 14.8. The van der Waals surface area contributed by atoms with Crippen molar-refractivity contribution in [2.45, 2.75) is 25.7 Å². The summed E-state index contributed by atoms with van der Waals surface area (Å²) in [6, 6.07) is 33.9. The summed E-state index contributed by atoms with van der Waals surface area (Å²) in [5.74, 6) is 0. The van der Waals surface area contributed by atoms with Crippen LogP contribution < -0.4 is 4.90 Å². The zero-order valence-corrected chi connectivity index (χ0v) is 20.7. The van der Waals surface area contributed by atoms with Crippen LogP contribution in [0.1, 0.15) is 36.0 Å². The van der Waals surface area contributed by atoms with Crippen molar-refractivity contribution < 1.29 is 0 Å². The largest absolute Gasteiger partial charge is 0.370 e. The predicted octanol–water partition coefficient (Wildman–Crippen LogP) is 8.68. The molecule has 0 atom stereocenters. The van der Waals surface area contributed by atoms with Crippen molar-refractivity contribution in [3.8, 4) is 28.3 Å². The molecule has 0 aromatic heterocycles. The van der Waals surface area contributed by atoms with Gasteiger partial charge in [-0.05, 0) is 91.9 Å². The zero-order valence-electron chi connectivity index (χ0n) is 20.7. The summed E-state index contributed by atoms with van der Waals surface area (Å²) < 4.78 is 0. The minimum absolute atomic E-state index is 0.850. The standard InChI is InChI=1S/C35H26N2/c36-21-31-32(37-17-4-1-5-18-37)20-29(30-19-25-7-2-3-10-26(25)35(30)31)27-15-13-24-12-11-22-8-6-9-23-14-16-28(27)34(24)33(22)23/h2-3,6-16,20H,1,4-5,17-19H2. The molecule has 0 saturated carbocycles. The smallest absolute Gasteiger partial charge is 0.102 e. The molecule has 0 unspecified atom stereocenters. The highest BCUT2D eigenvalue weighted by molar-refractivity contribution is 6.25. The van der Waals surface area contributed by atoms with Gasteiger partial charge in [-0.2, -0.15) is 5.26 Å². The lowest BCUT2D eigenvalue weighted by atomic mass is 9.86. The van der Waals surface area contributed by atoms with Crippen molar-refractivity contribution >= 4 is 38.0 Å². The molecule has 1 saturated heterocycles. The van der Waals surface area contributed by atoms with E-state index in [1.165, 1.54) is 79.4 Å². The van der Waals surface area contributed by atoms with E-state index >= 15 is 0 Å². The van der Waals surface area contributed by atoms with Gasteiger partial charge < -0.3 is 4.90 Å².